The van der Waals surface area contributed by atoms with E-state index in [0.717, 1.165) is 27.9 Å². The van der Waals surface area contributed by atoms with Crippen LogP contribution in [0.5, 0.6) is 11.5 Å². The fourth-order valence-electron chi connectivity index (χ4n) is 2.75. The average Bonchev–Trinajstić information content (AvgIpc) is 2.65. The quantitative estimate of drug-likeness (QED) is 0.466. The number of fused-ring (bicyclic) bond motifs is 1. The van der Waals surface area contributed by atoms with Gasteiger partial charge in [-0.1, -0.05) is 17.7 Å². The molecule has 1 aromatic carbocycles. The van der Waals surface area contributed by atoms with Crippen LogP contribution in [0.3, 0.4) is 0 Å². The van der Waals surface area contributed by atoms with Gasteiger partial charge in [0, 0.05) is 28.5 Å². The summed E-state index contributed by atoms with van der Waals surface area (Å²) in [5.41, 5.74) is 4.29. The largest absolute Gasteiger partial charge is 0.454 e. The zero-order chi connectivity index (χ0) is 18.1. The first-order valence-electron chi connectivity index (χ1n) is 8.23. The van der Waals surface area contributed by atoms with Crippen molar-refractivity contribution in [1.29, 1.82) is 0 Å². The van der Waals surface area contributed by atoms with E-state index in [2.05, 4.69) is 9.97 Å². The summed E-state index contributed by atoms with van der Waals surface area (Å²) >= 11 is 6.16. The normalized spacial score (nSPS) is 10.9. The van der Waals surface area contributed by atoms with E-state index >= 15 is 0 Å². The lowest BCUT2D eigenvalue weighted by molar-refractivity contribution is 0.486. The Hall–Kier alpha value is -2.98. The molecule has 4 nitrogen and oxygen atoms in total. The van der Waals surface area contributed by atoms with Crippen LogP contribution in [0.4, 0.5) is 0 Å². The molecular formula is C21H16ClN3O. The smallest absolute Gasteiger partial charge is 0.155 e. The van der Waals surface area contributed by atoms with Crippen molar-refractivity contribution in [2.45, 2.75) is 13.8 Å². The van der Waals surface area contributed by atoms with E-state index in [1.807, 2.05) is 62.4 Å². The van der Waals surface area contributed by atoms with Gasteiger partial charge in [0.1, 0.15) is 11.4 Å². The monoisotopic (exact) mass is 361 g/mol. The maximum Gasteiger partial charge on any atom is 0.155 e. The third-order valence-electron chi connectivity index (χ3n) is 4.22. The summed E-state index contributed by atoms with van der Waals surface area (Å²) in [5.74, 6) is 1.33. The predicted octanol–water partition coefficient (Wildman–Crippen LogP) is 5.75. The minimum Gasteiger partial charge on any atom is -0.454 e. The highest BCUT2D eigenvalue weighted by Crippen LogP contribution is 2.35. The number of hydrogen-bond donors (Lipinski definition) is 0. The Kier molecular flexibility index (Phi) is 4.27. The number of rotatable bonds is 3. The van der Waals surface area contributed by atoms with E-state index in [0.29, 0.717) is 22.2 Å². The zero-order valence-electron chi connectivity index (χ0n) is 14.4. The number of hydrogen-bond acceptors (Lipinski definition) is 4. The van der Waals surface area contributed by atoms with E-state index < -0.39 is 0 Å². The maximum atomic E-state index is 6.27. The molecule has 4 aromatic rings. The fourth-order valence-corrected chi connectivity index (χ4v) is 2.92. The van der Waals surface area contributed by atoms with Crippen LogP contribution >= 0.6 is 11.6 Å². The Morgan fingerprint density at radius 3 is 2.58 bits per heavy atom. The highest BCUT2D eigenvalue weighted by molar-refractivity contribution is 6.31. The molecule has 0 aliphatic carbocycles. The second-order valence-electron chi connectivity index (χ2n) is 6.03. The minimum absolute atomic E-state index is 0.638. The SMILES string of the molecule is Cc1cc(Oc2ccnc3ccc(Cl)cc23)c(-c2ccccn2)nc1C. The van der Waals surface area contributed by atoms with E-state index in [1.54, 1.807) is 12.4 Å². The van der Waals surface area contributed by atoms with Crippen molar-refractivity contribution in [2.24, 2.45) is 0 Å². The number of ether oxygens (including phenoxy) is 1. The lowest BCUT2D eigenvalue weighted by Crippen LogP contribution is -1.98. The van der Waals surface area contributed by atoms with Crippen molar-refractivity contribution < 1.29 is 4.74 Å². The topological polar surface area (TPSA) is 47.9 Å². The molecule has 0 atom stereocenters. The van der Waals surface area contributed by atoms with Gasteiger partial charge in [0.2, 0.25) is 0 Å². The van der Waals surface area contributed by atoms with Gasteiger partial charge in [-0.05, 0) is 61.9 Å². The van der Waals surface area contributed by atoms with Crippen LogP contribution < -0.4 is 4.74 Å². The van der Waals surface area contributed by atoms with Crippen LogP contribution in [-0.4, -0.2) is 15.0 Å². The first-order valence-corrected chi connectivity index (χ1v) is 8.61. The van der Waals surface area contributed by atoms with Gasteiger partial charge in [-0.25, -0.2) is 4.98 Å². The summed E-state index contributed by atoms with van der Waals surface area (Å²) in [6.07, 6.45) is 3.47. The Morgan fingerprint density at radius 1 is 0.885 bits per heavy atom. The molecular weight excluding hydrogens is 346 g/mol. The van der Waals surface area contributed by atoms with Crippen LogP contribution in [0, 0.1) is 13.8 Å². The van der Waals surface area contributed by atoms with Gasteiger partial charge in [-0.3, -0.25) is 9.97 Å². The summed E-state index contributed by atoms with van der Waals surface area (Å²) in [4.78, 5) is 13.5. The molecule has 0 aliphatic heterocycles. The molecule has 0 unspecified atom stereocenters. The molecule has 128 valence electrons. The second kappa shape index (κ2) is 6.73. The molecule has 0 saturated carbocycles. The molecule has 0 saturated heterocycles. The summed E-state index contributed by atoms with van der Waals surface area (Å²) in [7, 11) is 0. The standard InChI is InChI=1S/C21H16ClN3O/c1-13-11-20(21(25-14(13)2)18-5-3-4-9-23-18)26-19-8-10-24-17-7-6-15(22)12-16(17)19/h3-12H,1-2H3. The molecule has 3 aromatic heterocycles. The first-order chi connectivity index (χ1) is 12.6. The summed E-state index contributed by atoms with van der Waals surface area (Å²) < 4.78 is 6.27. The number of aromatic nitrogens is 3. The zero-order valence-corrected chi connectivity index (χ0v) is 15.2. The highest BCUT2D eigenvalue weighted by atomic mass is 35.5. The van der Waals surface area contributed by atoms with Crippen molar-refractivity contribution >= 4 is 22.5 Å². The van der Waals surface area contributed by atoms with Gasteiger partial charge in [-0.15, -0.1) is 0 Å². The lowest BCUT2D eigenvalue weighted by atomic mass is 10.1. The molecule has 0 radical (unpaired) electrons. The summed E-state index contributed by atoms with van der Waals surface area (Å²) in [5, 5.41) is 1.49. The van der Waals surface area contributed by atoms with E-state index in [4.69, 9.17) is 21.3 Å². The molecule has 4 rings (SSSR count). The summed E-state index contributed by atoms with van der Waals surface area (Å²) in [6.45, 7) is 3.99. The van der Waals surface area contributed by atoms with Crippen molar-refractivity contribution in [3.8, 4) is 22.9 Å². The fraction of sp³-hybridized carbons (Fsp3) is 0.0952. The maximum absolute atomic E-state index is 6.27. The number of aryl methyl sites for hydroxylation is 2. The molecule has 0 amide bonds. The van der Waals surface area contributed by atoms with Crippen LogP contribution in [-0.2, 0) is 0 Å². The van der Waals surface area contributed by atoms with Gasteiger partial charge in [0.05, 0.1) is 11.2 Å². The average molecular weight is 362 g/mol. The first kappa shape index (κ1) is 16.5. The molecule has 0 aliphatic rings. The van der Waals surface area contributed by atoms with E-state index in [1.165, 1.54) is 0 Å². The Bertz CT molecular complexity index is 1100. The number of halogens is 1. The lowest BCUT2D eigenvalue weighted by Gasteiger charge is -2.14. The van der Waals surface area contributed by atoms with Gasteiger partial charge >= 0.3 is 0 Å². The Labute approximate surface area is 156 Å². The molecule has 0 spiro atoms. The van der Waals surface area contributed by atoms with Crippen LogP contribution in [0.2, 0.25) is 5.02 Å². The van der Waals surface area contributed by atoms with Crippen LogP contribution in [0.1, 0.15) is 11.3 Å². The minimum atomic E-state index is 0.638. The van der Waals surface area contributed by atoms with Gasteiger partial charge < -0.3 is 4.74 Å². The van der Waals surface area contributed by atoms with Crippen molar-refractivity contribution in [3.63, 3.8) is 0 Å². The van der Waals surface area contributed by atoms with Gasteiger partial charge in [-0.2, -0.15) is 0 Å². The molecule has 26 heavy (non-hydrogen) atoms. The van der Waals surface area contributed by atoms with Crippen molar-refractivity contribution in [3.05, 3.63) is 77.2 Å². The van der Waals surface area contributed by atoms with Crippen LogP contribution in [0.15, 0.2) is 60.9 Å². The Balaban J connectivity index is 1.87. The van der Waals surface area contributed by atoms with Crippen LogP contribution in [0.25, 0.3) is 22.3 Å². The number of benzene rings is 1. The van der Waals surface area contributed by atoms with E-state index in [9.17, 15) is 0 Å². The molecule has 5 heteroatoms. The molecule has 0 bridgehead atoms. The van der Waals surface area contributed by atoms with E-state index in [-0.39, 0.29) is 0 Å². The number of pyridine rings is 3. The third-order valence-corrected chi connectivity index (χ3v) is 4.46. The summed E-state index contributed by atoms with van der Waals surface area (Å²) in [6, 6.07) is 15.1. The molecule has 3 heterocycles. The molecule has 0 fully saturated rings. The van der Waals surface area contributed by atoms with Crippen molar-refractivity contribution in [1.82, 2.24) is 15.0 Å². The van der Waals surface area contributed by atoms with Crippen molar-refractivity contribution in [2.75, 3.05) is 0 Å². The van der Waals surface area contributed by atoms with Gasteiger partial charge in [0.15, 0.2) is 5.75 Å². The second-order valence-corrected chi connectivity index (χ2v) is 6.46. The Morgan fingerprint density at radius 2 is 1.77 bits per heavy atom. The van der Waals surface area contributed by atoms with Gasteiger partial charge in [0.25, 0.3) is 0 Å². The highest BCUT2D eigenvalue weighted by Gasteiger charge is 2.14. The predicted molar refractivity (Wildman–Crippen MR) is 104 cm³/mol. The molecule has 0 N–H and O–H groups in total. The third kappa shape index (κ3) is 3.11. The number of nitrogens with zero attached hydrogens (tertiary/aromatic N) is 3.